The SMILES string of the molecule is CCOC(=O)CCC(C=CS(C)(=O)=O)NC(=O)CNC(=O)C(CCC(=O)OCC)NC(=O)C(C)NC(=O)OCc1ccccc1. The average molecular weight is 655 g/mol. The van der Waals surface area contributed by atoms with Crippen LogP contribution >= 0.6 is 0 Å². The van der Waals surface area contributed by atoms with Gasteiger partial charge in [-0.25, -0.2) is 13.2 Å². The van der Waals surface area contributed by atoms with Crippen LogP contribution in [-0.2, 0) is 54.6 Å². The summed E-state index contributed by atoms with van der Waals surface area (Å²) in [5.74, 6) is -3.44. The van der Waals surface area contributed by atoms with Gasteiger partial charge in [0.2, 0.25) is 17.7 Å². The third-order valence-electron chi connectivity index (χ3n) is 5.81. The highest BCUT2D eigenvalue weighted by Gasteiger charge is 2.26. The molecule has 0 bridgehead atoms. The van der Waals surface area contributed by atoms with Gasteiger partial charge < -0.3 is 35.5 Å². The first-order chi connectivity index (χ1) is 21.2. The van der Waals surface area contributed by atoms with E-state index >= 15 is 0 Å². The molecule has 15 nitrogen and oxygen atoms in total. The molecule has 45 heavy (non-hydrogen) atoms. The lowest BCUT2D eigenvalue weighted by atomic mass is 10.1. The molecule has 0 spiro atoms. The summed E-state index contributed by atoms with van der Waals surface area (Å²) in [6, 6.07) is 5.58. The van der Waals surface area contributed by atoms with Gasteiger partial charge in [0, 0.05) is 30.5 Å². The van der Waals surface area contributed by atoms with Crippen molar-refractivity contribution in [3.05, 3.63) is 47.4 Å². The standard InChI is InChI=1S/C29H42N4O11S/c1-5-42-25(35)14-12-22(16-17-45(4,40)41)32-24(34)18-30-28(38)23(13-15-26(36)43-6-2)33-27(37)20(3)31-29(39)44-19-21-10-8-7-9-11-21/h7-11,16-17,20,22-23H,5-6,12-15,18-19H2,1-4H3,(H,30,38)(H,31,39)(H,32,34)(H,33,37). The van der Waals surface area contributed by atoms with Gasteiger partial charge in [-0.1, -0.05) is 36.4 Å². The van der Waals surface area contributed by atoms with Crippen molar-refractivity contribution in [2.75, 3.05) is 26.0 Å². The van der Waals surface area contributed by atoms with Gasteiger partial charge in [0.15, 0.2) is 9.84 Å². The van der Waals surface area contributed by atoms with E-state index < -0.39 is 70.3 Å². The number of alkyl carbamates (subject to hydrolysis) is 1. The van der Waals surface area contributed by atoms with E-state index in [-0.39, 0.29) is 45.5 Å². The van der Waals surface area contributed by atoms with Crippen LogP contribution in [0.5, 0.6) is 0 Å². The third kappa shape index (κ3) is 18.1. The minimum absolute atomic E-state index is 0.0264. The summed E-state index contributed by atoms with van der Waals surface area (Å²) < 4.78 is 37.9. The molecule has 0 fully saturated rings. The number of esters is 2. The molecule has 0 aromatic heterocycles. The molecule has 250 valence electrons. The molecule has 3 unspecified atom stereocenters. The highest BCUT2D eigenvalue weighted by Crippen LogP contribution is 2.05. The molecule has 1 aromatic rings. The summed E-state index contributed by atoms with van der Waals surface area (Å²) in [5.41, 5.74) is 0.737. The number of amides is 4. The Morgan fingerprint density at radius 3 is 2.00 bits per heavy atom. The van der Waals surface area contributed by atoms with Crippen molar-refractivity contribution in [2.45, 2.75) is 71.2 Å². The van der Waals surface area contributed by atoms with Crippen LogP contribution in [0.25, 0.3) is 0 Å². The second-order valence-electron chi connectivity index (χ2n) is 9.73. The number of rotatable bonds is 19. The molecular formula is C29H42N4O11S. The lowest BCUT2D eigenvalue weighted by Crippen LogP contribution is -2.54. The zero-order valence-electron chi connectivity index (χ0n) is 25.8. The molecule has 0 saturated carbocycles. The maximum atomic E-state index is 13.0. The van der Waals surface area contributed by atoms with Crippen LogP contribution in [0.3, 0.4) is 0 Å². The Balaban J connectivity index is 2.81. The Labute approximate surface area is 262 Å². The number of benzene rings is 1. The minimum Gasteiger partial charge on any atom is -0.466 e. The Morgan fingerprint density at radius 1 is 0.822 bits per heavy atom. The summed E-state index contributed by atoms with van der Waals surface area (Å²) in [7, 11) is -3.53. The van der Waals surface area contributed by atoms with E-state index in [0.29, 0.717) is 0 Å². The van der Waals surface area contributed by atoms with E-state index in [1.165, 1.54) is 13.0 Å². The van der Waals surface area contributed by atoms with E-state index in [1.54, 1.807) is 38.1 Å². The lowest BCUT2D eigenvalue weighted by molar-refractivity contribution is -0.144. The molecule has 4 amide bonds. The number of carbonyl (C=O) groups is 6. The molecule has 0 aliphatic carbocycles. The van der Waals surface area contributed by atoms with Gasteiger partial charge in [-0.15, -0.1) is 0 Å². The van der Waals surface area contributed by atoms with Crippen LogP contribution < -0.4 is 21.3 Å². The number of nitrogens with one attached hydrogen (secondary N) is 4. The Hall–Kier alpha value is -4.47. The Morgan fingerprint density at radius 2 is 1.42 bits per heavy atom. The van der Waals surface area contributed by atoms with Gasteiger partial charge in [0.05, 0.1) is 19.8 Å². The van der Waals surface area contributed by atoms with Gasteiger partial charge in [-0.05, 0) is 39.2 Å². The van der Waals surface area contributed by atoms with Crippen molar-refractivity contribution in [3.63, 3.8) is 0 Å². The molecule has 0 heterocycles. The average Bonchev–Trinajstić information content (AvgIpc) is 2.98. The van der Waals surface area contributed by atoms with Gasteiger partial charge in [-0.2, -0.15) is 0 Å². The minimum atomic E-state index is -3.53. The molecule has 1 aromatic carbocycles. The summed E-state index contributed by atoms with van der Waals surface area (Å²) in [6.45, 7) is 4.27. The Bertz CT molecular complexity index is 1290. The van der Waals surface area contributed by atoms with Crippen LogP contribution in [0, 0.1) is 0 Å². The fourth-order valence-corrected chi connectivity index (χ4v) is 4.05. The third-order valence-corrected chi connectivity index (χ3v) is 6.46. The monoisotopic (exact) mass is 654 g/mol. The van der Waals surface area contributed by atoms with E-state index in [4.69, 9.17) is 14.2 Å². The van der Waals surface area contributed by atoms with Crippen molar-refractivity contribution in [1.29, 1.82) is 0 Å². The molecule has 0 saturated heterocycles. The van der Waals surface area contributed by atoms with Crippen LogP contribution in [0.15, 0.2) is 41.8 Å². The van der Waals surface area contributed by atoms with Gasteiger partial charge in [0.1, 0.15) is 18.7 Å². The van der Waals surface area contributed by atoms with Gasteiger partial charge >= 0.3 is 18.0 Å². The van der Waals surface area contributed by atoms with Gasteiger partial charge in [0.25, 0.3) is 0 Å². The second-order valence-corrected chi connectivity index (χ2v) is 11.7. The molecule has 3 atom stereocenters. The van der Waals surface area contributed by atoms with E-state index in [9.17, 15) is 37.2 Å². The number of hydrogen-bond acceptors (Lipinski definition) is 11. The predicted molar refractivity (Wildman–Crippen MR) is 162 cm³/mol. The summed E-state index contributed by atoms with van der Waals surface area (Å²) in [6.07, 6.45) is 0.814. The summed E-state index contributed by atoms with van der Waals surface area (Å²) >= 11 is 0. The zero-order chi connectivity index (χ0) is 33.8. The first-order valence-corrected chi connectivity index (χ1v) is 16.2. The normalized spacial score (nSPS) is 13.1. The van der Waals surface area contributed by atoms with Crippen LogP contribution in [-0.4, -0.2) is 88.3 Å². The fraction of sp³-hybridized carbons (Fsp3) is 0.517. The molecule has 0 aliphatic heterocycles. The zero-order valence-corrected chi connectivity index (χ0v) is 26.6. The molecule has 0 radical (unpaired) electrons. The first-order valence-electron chi connectivity index (χ1n) is 14.3. The highest BCUT2D eigenvalue weighted by atomic mass is 32.2. The maximum Gasteiger partial charge on any atom is 0.408 e. The molecule has 16 heteroatoms. The number of ether oxygens (including phenoxy) is 3. The second kappa shape index (κ2) is 20.5. The summed E-state index contributed by atoms with van der Waals surface area (Å²) in [5, 5.41) is 10.6. The largest absolute Gasteiger partial charge is 0.466 e. The molecule has 0 aliphatic rings. The topological polar surface area (TPSA) is 212 Å². The lowest BCUT2D eigenvalue weighted by Gasteiger charge is -2.21. The summed E-state index contributed by atoms with van der Waals surface area (Å²) in [4.78, 5) is 74.2. The fourth-order valence-electron chi connectivity index (χ4n) is 3.58. The van der Waals surface area contributed by atoms with Gasteiger partial charge in [-0.3, -0.25) is 24.0 Å². The van der Waals surface area contributed by atoms with E-state index in [1.807, 2.05) is 6.07 Å². The molecule has 4 N–H and O–H groups in total. The van der Waals surface area contributed by atoms with E-state index in [2.05, 4.69) is 21.3 Å². The smallest absolute Gasteiger partial charge is 0.408 e. The Kier molecular flexibility index (Phi) is 17.5. The van der Waals surface area contributed by atoms with E-state index in [0.717, 1.165) is 17.2 Å². The van der Waals surface area contributed by atoms with Crippen molar-refractivity contribution in [1.82, 2.24) is 21.3 Å². The number of carbonyl (C=O) groups excluding carboxylic acids is 6. The van der Waals surface area contributed by atoms with Crippen LogP contribution in [0.4, 0.5) is 4.79 Å². The number of sulfone groups is 1. The van der Waals surface area contributed by atoms with Crippen molar-refractivity contribution in [3.8, 4) is 0 Å². The quantitative estimate of drug-likeness (QED) is 0.120. The molecular weight excluding hydrogens is 612 g/mol. The van der Waals surface area contributed by atoms with Crippen LogP contribution in [0.1, 0.15) is 52.0 Å². The van der Waals surface area contributed by atoms with Crippen molar-refractivity contribution >= 4 is 45.6 Å². The predicted octanol–water partition coefficient (Wildman–Crippen LogP) is 0.632. The van der Waals surface area contributed by atoms with Crippen LogP contribution in [0.2, 0.25) is 0 Å². The maximum absolute atomic E-state index is 13.0. The number of hydrogen-bond donors (Lipinski definition) is 4. The molecule has 1 rings (SSSR count). The van der Waals surface area contributed by atoms with Crippen molar-refractivity contribution in [2.24, 2.45) is 0 Å². The first kappa shape index (κ1) is 38.6. The highest BCUT2D eigenvalue weighted by molar-refractivity contribution is 7.93. The van der Waals surface area contributed by atoms with Crippen molar-refractivity contribution < 1.29 is 51.4 Å².